The fourth-order valence-electron chi connectivity index (χ4n) is 5.37. The third-order valence-electron chi connectivity index (χ3n) is 6.95. The number of amides is 1. The summed E-state index contributed by atoms with van der Waals surface area (Å²) in [7, 11) is 0. The highest BCUT2D eigenvalue weighted by Crippen LogP contribution is 2.51. The molecule has 1 spiro atoms. The first kappa shape index (κ1) is 21.1. The summed E-state index contributed by atoms with van der Waals surface area (Å²) in [5.74, 6) is 0.276. The molecular formula is C26H26ClN3O2. The van der Waals surface area contributed by atoms with Gasteiger partial charge < -0.3 is 10.0 Å². The average Bonchev–Trinajstić information content (AvgIpc) is 3.34. The number of hydrogen-bond donors (Lipinski definition) is 1. The van der Waals surface area contributed by atoms with Crippen molar-refractivity contribution in [1.29, 1.82) is 0 Å². The molecule has 3 aromatic rings. The van der Waals surface area contributed by atoms with Gasteiger partial charge in [0.05, 0.1) is 6.10 Å². The minimum Gasteiger partial charge on any atom is -0.388 e. The van der Waals surface area contributed by atoms with Gasteiger partial charge in [0.25, 0.3) is 5.91 Å². The van der Waals surface area contributed by atoms with E-state index in [1.165, 1.54) is 11.1 Å². The lowest BCUT2D eigenvalue weighted by atomic mass is 9.80. The monoisotopic (exact) mass is 447 g/mol. The first-order valence-corrected chi connectivity index (χ1v) is 11.5. The van der Waals surface area contributed by atoms with Crippen LogP contribution in [-0.2, 0) is 5.41 Å². The highest BCUT2D eigenvalue weighted by molar-refractivity contribution is 6.29. The number of halogens is 1. The average molecular weight is 448 g/mol. The molecule has 1 fully saturated rings. The van der Waals surface area contributed by atoms with Crippen molar-refractivity contribution < 1.29 is 9.90 Å². The SMILES string of the molecule is CC(C)c1ccccc1-c1ccc2c(c1)C(O)CC21CCN(C(=O)c2ccc(Cl)nn2)C1. The minimum absolute atomic E-state index is 0.142. The van der Waals surface area contributed by atoms with Gasteiger partial charge in [0.1, 0.15) is 0 Å². The Morgan fingerprint density at radius 2 is 1.97 bits per heavy atom. The van der Waals surface area contributed by atoms with Crippen LogP contribution in [0.4, 0.5) is 0 Å². The largest absolute Gasteiger partial charge is 0.388 e. The zero-order valence-electron chi connectivity index (χ0n) is 18.3. The van der Waals surface area contributed by atoms with Crippen LogP contribution in [0.5, 0.6) is 0 Å². The summed E-state index contributed by atoms with van der Waals surface area (Å²) in [5, 5.41) is 19.0. The number of aliphatic hydroxyl groups is 1. The van der Waals surface area contributed by atoms with E-state index < -0.39 is 6.10 Å². The number of carbonyl (C=O) groups excluding carboxylic acids is 1. The summed E-state index contributed by atoms with van der Waals surface area (Å²) in [6, 6.07) is 18.1. The van der Waals surface area contributed by atoms with Crippen LogP contribution in [0.3, 0.4) is 0 Å². The number of carbonyl (C=O) groups is 1. The predicted octanol–water partition coefficient (Wildman–Crippen LogP) is 5.14. The van der Waals surface area contributed by atoms with Gasteiger partial charge in [-0.1, -0.05) is 61.8 Å². The number of aliphatic hydroxyl groups excluding tert-OH is 1. The maximum absolute atomic E-state index is 13.0. The molecule has 0 bridgehead atoms. The number of rotatable bonds is 3. The Bertz CT molecular complexity index is 1180. The Hall–Kier alpha value is -2.76. The normalized spacial score (nSPS) is 22.0. The van der Waals surface area contributed by atoms with E-state index in [9.17, 15) is 9.90 Å². The molecule has 1 N–H and O–H groups in total. The quantitative estimate of drug-likeness (QED) is 0.603. The second kappa shape index (κ2) is 7.98. The predicted molar refractivity (Wildman–Crippen MR) is 125 cm³/mol. The van der Waals surface area contributed by atoms with Gasteiger partial charge in [-0.2, -0.15) is 0 Å². The van der Waals surface area contributed by atoms with Gasteiger partial charge in [-0.05, 0) is 64.8 Å². The van der Waals surface area contributed by atoms with Crippen LogP contribution >= 0.6 is 11.6 Å². The topological polar surface area (TPSA) is 66.3 Å². The number of nitrogens with zero attached hydrogens (tertiary/aromatic N) is 3. The molecule has 6 heteroatoms. The van der Waals surface area contributed by atoms with E-state index in [1.54, 1.807) is 12.1 Å². The number of hydrogen-bond acceptors (Lipinski definition) is 4. The molecule has 2 aromatic carbocycles. The van der Waals surface area contributed by atoms with Gasteiger partial charge in [-0.15, -0.1) is 10.2 Å². The van der Waals surface area contributed by atoms with Crippen molar-refractivity contribution in [3.05, 3.63) is 82.1 Å². The second-order valence-electron chi connectivity index (χ2n) is 9.26. The molecule has 5 nitrogen and oxygen atoms in total. The van der Waals surface area contributed by atoms with Gasteiger partial charge in [0.15, 0.2) is 10.8 Å². The first-order chi connectivity index (χ1) is 15.4. The number of aromatic nitrogens is 2. The van der Waals surface area contributed by atoms with Crippen LogP contribution in [0.25, 0.3) is 11.1 Å². The molecule has 1 aliphatic carbocycles. The Morgan fingerprint density at radius 3 is 2.72 bits per heavy atom. The maximum Gasteiger partial charge on any atom is 0.274 e. The smallest absolute Gasteiger partial charge is 0.274 e. The van der Waals surface area contributed by atoms with Gasteiger partial charge in [-0.25, -0.2) is 0 Å². The Kier molecular flexibility index (Phi) is 5.26. The molecule has 2 unspecified atom stereocenters. The van der Waals surface area contributed by atoms with Gasteiger partial charge in [-0.3, -0.25) is 4.79 Å². The molecule has 1 saturated heterocycles. The van der Waals surface area contributed by atoms with Crippen LogP contribution in [0.1, 0.15) is 65.9 Å². The van der Waals surface area contributed by atoms with E-state index in [2.05, 4.69) is 66.5 Å². The van der Waals surface area contributed by atoms with Crippen LogP contribution in [0.15, 0.2) is 54.6 Å². The lowest BCUT2D eigenvalue weighted by Gasteiger charge is -2.25. The van der Waals surface area contributed by atoms with Crippen molar-refractivity contribution >= 4 is 17.5 Å². The molecule has 1 aliphatic heterocycles. The van der Waals surface area contributed by atoms with Crippen molar-refractivity contribution in [2.24, 2.45) is 0 Å². The van der Waals surface area contributed by atoms with Crippen molar-refractivity contribution in [2.75, 3.05) is 13.1 Å². The molecule has 0 radical (unpaired) electrons. The summed E-state index contributed by atoms with van der Waals surface area (Å²) >= 11 is 5.80. The molecule has 1 amide bonds. The summed E-state index contributed by atoms with van der Waals surface area (Å²) < 4.78 is 0. The van der Waals surface area contributed by atoms with E-state index in [-0.39, 0.29) is 16.5 Å². The van der Waals surface area contributed by atoms with E-state index in [0.717, 1.165) is 23.1 Å². The summed E-state index contributed by atoms with van der Waals surface area (Å²) in [4.78, 5) is 14.8. The fraction of sp³-hybridized carbons (Fsp3) is 0.346. The fourth-order valence-corrected chi connectivity index (χ4v) is 5.47. The summed E-state index contributed by atoms with van der Waals surface area (Å²) in [5.41, 5.74) is 5.87. The molecule has 2 aliphatic rings. The highest BCUT2D eigenvalue weighted by Gasteiger charge is 2.48. The summed E-state index contributed by atoms with van der Waals surface area (Å²) in [6.45, 7) is 5.60. The number of likely N-dealkylation sites (tertiary alicyclic amines) is 1. The molecule has 2 atom stereocenters. The summed E-state index contributed by atoms with van der Waals surface area (Å²) in [6.07, 6.45) is 0.931. The van der Waals surface area contributed by atoms with Gasteiger partial charge >= 0.3 is 0 Å². The van der Waals surface area contributed by atoms with E-state index >= 15 is 0 Å². The molecule has 5 rings (SSSR count). The Morgan fingerprint density at radius 1 is 1.16 bits per heavy atom. The maximum atomic E-state index is 13.0. The highest BCUT2D eigenvalue weighted by atomic mass is 35.5. The Labute approximate surface area is 193 Å². The standard InChI is InChI=1S/C26H26ClN3O2/c1-16(2)18-5-3-4-6-19(18)17-7-8-21-20(13-17)23(31)14-26(21)11-12-30(15-26)25(32)22-9-10-24(27)29-28-22/h3-10,13,16,23,31H,11-12,14-15H2,1-2H3. The van der Waals surface area contributed by atoms with E-state index in [0.29, 0.717) is 31.1 Å². The van der Waals surface area contributed by atoms with Crippen molar-refractivity contribution in [3.63, 3.8) is 0 Å². The van der Waals surface area contributed by atoms with Crippen molar-refractivity contribution in [1.82, 2.24) is 15.1 Å². The van der Waals surface area contributed by atoms with Crippen molar-refractivity contribution in [3.8, 4) is 11.1 Å². The minimum atomic E-state index is -0.526. The first-order valence-electron chi connectivity index (χ1n) is 11.1. The van der Waals surface area contributed by atoms with Crippen LogP contribution < -0.4 is 0 Å². The number of fused-ring (bicyclic) bond motifs is 2. The Balaban J connectivity index is 1.45. The molecule has 164 valence electrons. The van der Waals surface area contributed by atoms with Crippen LogP contribution in [0, 0.1) is 0 Å². The van der Waals surface area contributed by atoms with Crippen LogP contribution in [-0.4, -0.2) is 39.2 Å². The molecule has 1 aromatic heterocycles. The van der Waals surface area contributed by atoms with Crippen LogP contribution in [0.2, 0.25) is 5.15 Å². The van der Waals surface area contributed by atoms with E-state index in [1.807, 2.05) is 4.90 Å². The molecule has 0 saturated carbocycles. The molecule has 2 heterocycles. The second-order valence-corrected chi connectivity index (χ2v) is 9.65. The van der Waals surface area contributed by atoms with E-state index in [4.69, 9.17) is 11.6 Å². The third-order valence-corrected chi connectivity index (χ3v) is 7.15. The number of benzene rings is 2. The molecule has 32 heavy (non-hydrogen) atoms. The lowest BCUT2D eigenvalue weighted by Crippen LogP contribution is -2.34. The lowest BCUT2D eigenvalue weighted by molar-refractivity contribution is 0.0769. The van der Waals surface area contributed by atoms with Crippen molar-refractivity contribution in [2.45, 2.75) is 44.1 Å². The third kappa shape index (κ3) is 3.50. The zero-order chi connectivity index (χ0) is 22.5. The van der Waals surface area contributed by atoms with Gasteiger partial charge in [0, 0.05) is 18.5 Å². The zero-order valence-corrected chi connectivity index (χ0v) is 19.0. The van der Waals surface area contributed by atoms with Gasteiger partial charge in [0.2, 0.25) is 0 Å². The molecular weight excluding hydrogens is 422 g/mol.